The van der Waals surface area contributed by atoms with Gasteiger partial charge < -0.3 is 4.57 Å². The predicted molar refractivity (Wildman–Crippen MR) is 102 cm³/mol. The number of hydrogen-bond acceptors (Lipinski definition) is 3. The lowest BCUT2D eigenvalue weighted by atomic mass is 10.1. The Labute approximate surface area is 155 Å². The Kier molecular flexibility index (Phi) is 4.08. The molecule has 0 bridgehead atoms. The largest absolute Gasteiger partial charge is 0.342 e. The number of aromatic nitrogens is 1. The maximum absolute atomic E-state index is 12.4. The molecule has 0 saturated carbocycles. The van der Waals surface area contributed by atoms with E-state index in [9.17, 15) is 14.4 Å². The lowest BCUT2D eigenvalue weighted by Crippen LogP contribution is -2.52. The number of amides is 4. The van der Waals surface area contributed by atoms with Crippen LogP contribution in [0.15, 0.2) is 66.4 Å². The fourth-order valence-electron chi connectivity index (χ4n) is 3.20. The van der Waals surface area contributed by atoms with Gasteiger partial charge in [-0.1, -0.05) is 48.5 Å². The molecule has 0 unspecified atom stereocenters. The van der Waals surface area contributed by atoms with Gasteiger partial charge in [-0.2, -0.15) is 0 Å². The van der Waals surface area contributed by atoms with E-state index < -0.39 is 17.8 Å². The second kappa shape index (κ2) is 6.57. The fraction of sp³-hybridized carbons (Fsp3) is 0.0952. The molecular weight excluding hydrogens is 342 g/mol. The number of urea groups is 1. The molecule has 3 aromatic rings. The van der Waals surface area contributed by atoms with Crippen LogP contribution in [0.4, 0.5) is 4.79 Å². The monoisotopic (exact) mass is 359 g/mol. The molecule has 0 atom stereocenters. The summed E-state index contributed by atoms with van der Waals surface area (Å²) in [6.45, 7) is 0.670. The van der Waals surface area contributed by atoms with Gasteiger partial charge in [0.1, 0.15) is 5.57 Å². The van der Waals surface area contributed by atoms with Gasteiger partial charge in [-0.05, 0) is 17.7 Å². The minimum absolute atomic E-state index is 0.0558. The third-order valence-electron chi connectivity index (χ3n) is 4.62. The second-order valence-electron chi connectivity index (χ2n) is 6.40. The first-order valence-electron chi connectivity index (χ1n) is 8.51. The molecule has 1 N–H and O–H groups in total. The normalized spacial score (nSPS) is 16.3. The van der Waals surface area contributed by atoms with Gasteiger partial charge in [0.25, 0.3) is 11.8 Å². The smallest absolute Gasteiger partial charge is 0.331 e. The molecule has 0 radical (unpaired) electrons. The van der Waals surface area contributed by atoms with E-state index in [4.69, 9.17) is 0 Å². The van der Waals surface area contributed by atoms with E-state index in [1.807, 2.05) is 60.8 Å². The third kappa shape index (κ3) is 3.01. The first-order chi connectivity index (χ1) is 13.0. The number of rotatable bonds is 3. The molecule has 1 saturated heterocycles. The van der Waals surface area contributed by atoms with Crippen molar-refractivity contribution >= 4 is 34.8 Å². The van der Waals surface area contributed by atoms with Crippen molar-refractivity contribution in [3.63, 3.8) is 0 Å². The van der Waals surface area contributed by atoms with Crippen LogP contribution in [-0.2, 0) is 16.1 Å². The highest BCUT2D eigenvalue weighted by molar-refractivity contribution is 6.31. The number of nitrogens with one attached hydrogen (secondary N) is 1. The van der Waals surface area contributed by atoms with Crippen molar-refractivity contribution in [2.75, 3.05) is 7.05 Å². The van der Waals surface area contributed by atoms with Crippen LogP contribution in [0.1, 0.15) is 11.1 Å². The van der Waals surface area contributed by atoms with E-state index in [0.717, 1.165) is 26.9 Å². The molecule has 0 aliphatic carbocycles. The van der Waals surface area contributed by atoms with Crippen LogP contribution in [0.3, 0.4) is 0 Å². The molecule has 27 heavy (non-hydrogen) atoms. The first-order valence-corrected chi connectivity index (χ1v) is 8.51. The van der Waals surface area contributed by atoms with Crippen molar-refractivity contribution in [3.8, 4) is 0 Å². The highest BCUT2D eigenvalue weighted by atomic mass is 16.2. The van der Waals surface area contributed by atoms with Gasteiger partial charge in [0.05, 0.1) is 0 Å². The number of hydrogen-bond donors (Lipinski definition) is 1. The number of fused-ring (bicyclic) bond motifs is 1. The third-order valence-corrected chi connectivity index (χ3v) is 4.62. The lowest BCUT2D eigenvalue weighted by molar-refractivity contribution is -0.129. The Morgan fingerprint density at radius 1 is 0.963 bits per heavy atom. The van der Waals surface area contributed by atoms with E-state index in [0.29, 0.717) is 6.54 Å². The van der Waals surface area contributed by atoms with Gasteiger partial charge >= 0.3 is 6.03 Å². The van der Waals surface area contributed by atoms with Gasteiger partial charge in [-0.25, -0.2) is 4.79 Å². The summed E-state index contributed by atoms with van der Waals surface area (Å²) in [5.74, 6) is -1.29. The minimum atomic E-state index is -0.714. The zero-order valence-corrected chi connectivity index (χ0v) is 14.7. The fourth-order valence-corrected chi connectivity index (χ4v) is 3.20. The Morgan fingerprint density at radius 3 is 2.44 bits per heavy atom. The quantitative estimate of drug-likeness (QED) is 0.577. The van der Waals surface area contributed by atoms with Crippen molar-refractivity contribution < 1.29 is 14.4 Å². The summed E-state index contributed by atoms with van der Waals surface area (Å²) in [7, 11) is 1.34. The highest BCUT2D eigenvalue weighted by Crippen LogP contribution is 2.25. The summed E-state index contributed by atoms with van der Waals surface area (Å²) in [5.41, 5.74) is 2.85. The van der Waals surface area contributed by atoms with E-state index in [1.165, 1.54) is 7.05 Å². The van der Waals surface area contributed by atoms with Crippen molar-refractivity contribution in [2.24, 2.45) is 0 Å². The molecule has 0 spiro atoms. The molecule has 4 amide bonds. The van der Waals surface area contributed by atoms with Crippen LogP contribution >= 0.6 is 0 Å². The van der Waals surface area contributed by atoms with Gasteiger partial charge in [-0.3, -0.25) is 19.8 Å². The van der Waals surface area contributed by atoms with Crippen LogP contribution in [0.25, 0.3) is 17.0 Å². The second-order valence-corrected chi connectivity index (χ2v) is 6.40. The summed E-state index contributed by atoms with van der Waals surface area (Å²) in [6, 6.07) is 17.1. The summed E-state index contributed by atoms with van der Waals surface area (Å²) in [5, 5.41) is 3.11. The molecule has 1 aliphatic rings. The average Bonchev–Trinajstić information content (AvgIpc) is 3.02. The zero-order chi connectivity index (χ0) is 19.0. The highest BCUT2D eigenvalue weighted by Gasteiger charge is 2.33. The maximum atomic E-state index is 12.4. The summed E-state index contributed by atoms with van der Waals surface area (Å²) in [4.78, 5) is 37.0. The van der Waals surface area contributed by atoms with Crippen molar-refractivity contribution in [3.05, 3.63) is 77.5 Å². The van der Waals surface area contributed by atoms with Gasteiger partial charge in [0.2, 0.25) is 0 Å². The molecule has 1 fully saturated rings. The van der Waals surface area contributed by atoms with Crippen molar-refractivity contribution in [1.29, 1.82) is 0 Å². The van der Waals surface area contributed by atoms with Crippen LogP contribution < -0.4 is 5.32 Å². The zero-order valence-electron chi connectivity index (χ0n) is 14.7. The molecular formula is C21H17N3O3. The minimum Gasteiger partial charge on any atom is -0.342 e. The summed E-state index contributed by atoms with van der Waals surface area (Å²) in [6.07, 6.45) is 3.46. The number of nitrogens with zero attached hydrogens (tertiary/aromatic N) is 2. The molecule has 1 aliphatic heterocycles. The Morgan fingerprint density at radius 2 is 1.67 bits per heavy atom. The van der Waals surface area contributed by atoms with Crippen molar-refractivity contribution in [1.82, 2.24) is 14.8 Å². The molecule has 2 aromatic carbocycles. The van der Waals surface area contributed by atoms with Crippen LogP contribution in [-0.4, -0.2) is 34.4 Å². The average molecular weight is 359 g/mol. The van der Waals surface area contributed by atoms with Crippen LogP contribution in [0.5, 0.6) is 0 Å². The van der Waals surface area contributed by atoms with Crippen molar-refractivity contribution in [2.45, 2.75) is 6.54 Å². The number of para-hydroxylation sites is 1. The summed E-state index contributed by atoms with van der Waals surface area (Å²) < 4.78 is 2.08. The number of carbonyl (C=O) groups excluding carboxylic acids is 3. The van der Waals surface area contributed by atoms with E-state index >= 15 is 0 Å². The molecule has 134 valence electrons. The molecule has 1 aromatic heterocycles. The van der Waals surface area contributed by atoms with Gasteiger partial charge in [-0.15, -0.1) is 0 Å². The molecule has 2 heterocycles. The Hall–Kier alpha value is -3.67. The number of imide groups is 2. The Balaban J connectivity index is 1.80. The molecule has 6 nitrogen and oxygen atoms in total. The standard InChI is InChI=1S/C21H17N3O3/c1-23-20(26)17(19(25)22-21(23)27)11-15-13-24(12-14-7-3-2-4-8-14)18-10-6-5-9-16(15)18/h2-11,13H,12H2,1H3,(H,22,25,27). The predicted octanol–water partition coefficient (Wildman–Crippen LogP) is 2.78. The SMILES string of the molecule is CN1C(=O)NC(=O)C(=Cc2cn(Cc3ccccc3)c3ccccc23)C1=O. The number of carbonyl (C=O) groups is 3. The number of likely N-dealkylation sites (N-methyl/N-ethyl adjacent to an activating group) is 1. The summed E-state index contributed by atoms with van der Waals surface area (Å²) >= 11 is 0. The first kappa shape index (κ1) is 16.8. The van der Waals surface area contributed by atoms with Gasteiger partial charge in [0.15, 0.2) is 0 Å². The van der Waals surface area contributed by atoms with E-state index in [2.05, 4.69) is 9.88 Å². The van der Waals surface area contributed by atoms with E-state index in [1.54, 1.807) is 6.08 Å². The van der Waals surface area contributed by atoms with Crippen LogP contribution in [0.2, 0.25) is 0 Å². The van der Waals surface area contributed by atoms with E-state index in [-0.39, 0.29) is 5.57 Å². The topological polar surface area (TPSA) is 71.4 Å². The lowest BCUT2D eigenvalue weighted by Gasteiger charge is -2.22. The number of barbiturate groups is 1. The van der Waals surface area contributed by atoms with Gasteiger partial charge in [0, 0.05) is 36.3 Å². The Bertz CT molecular complexity index is 1100. The number of benzene rings is 2. The molecule has 4 rings (SSSR count). The van der Waals surface area contributed by atoms with Crippen LogP contribution in [0, 0.1) is 0 Å². The maximum Gasteiger partial charge on any atom is 0.331 e. The molecule has 6 heteroatoms.